The molecule has 2 aromatic rings. The minimum atomic E-state index is -1.51. The van der Waals surface area contributed by atoms with Crippen LogP contribution in [-0.4, -0.2) is 60.0 Å². The molecule has 1 saturated carbocycles. The fraction of sp³-hybridized carbons (Fsp3) is 0.487. The Kier molecular flexibility index (Phi) is 9.61. The van der Waals surface area contributed by atoms with Crippen molar-refractivity contribution in [3.63, 3.8) is 0 Å². The number of nitrogens with one attached hydrogen (secondary N) is 4. The molecule has 3 heterocycles. The second-order valence-corrected chi connectivity index (χ2v) is 14.5. The van der Waals surface area contributed by atoms with E-state index in [-0.39, 0.29) is 42.2 Å². The molecule has 9 heteroatoms. The number of fused-ring (bicyclic) bond motifs is 2. The molecule has 2 aromatic carbocycles. The minimum Gasteiger partial charge on any atom is -0.365 e. The first-order chi connectivity index (χ1) is 23.1. The molecule has 9 nitrogen and oxygen atoms in total. The van der Waals surface area contributed by atoms with E-state index in [0.29, 0.717) is 25.8 Å². The van der Waals surface area contributed by atoms with Gasteiger partial charge >= 0.3 is 0 Å². The van der Waals surface area contributed by atoms with Crippen molar-refractivity contribution in [2.75, 3.05) is 6.54 Å². The molecule has 0 bridgehead atoms. The number of ether oxygens (including phenoxy) is 1. The van der Waals surface area contributed by atoms with Gasteiger partial charge in [-0.1, -0.05) is 106 Å². The molecule has 48 heavy (non-hydrogen) atoms. The summed E-state index contributed by atoms with van der Waals surface area (Å²) in [6.07, 6.45) is 9.21. The Morgan fingerprint density at radius 1 is 0.792 bits per heavy atom. The van der Waals surface area contributed by atoms with Crippen molar-refractivity contribution in [2.45, 2.75) is 83.2 Å². The van der Waals surface area contributed by atoms with Gasteiger partial charge in [-0.2, -0.15) is 0 Å². The summed E-state index contributed by atoms with van der Waals surface area (Å²) >= 11 is 0. The van der Waals surface area contributed by atoms with Gasteiger partial charge < -0.3 is 26.0 Å². The van der Waals surface area contributed by atoms with Gasteiger partial charge in [0.25, 0.3) is 0 Å². The molecule has 6 rings (SSSR count). The van der Waals surface area contributed by atoms with Gasteiger partial charge in [0.05, 0.1) is 11.7 Å². The third-order valence-corrected chi connectivity index (χ3v) is 10.9. The van der Waals surface area contributed by atoms with Crippen molar-refractivity contribution in [1.29, 1.82) is 0 Å². The predicted molar refractivity (Wildman–Crippen MR) is 183 cm³/mol. The maximum atomic E-state index is 15.1. The van der Waals surface area contributed by atoms with Crippen LogP contribution in [0.2, 0.25) is 0 Å². The molecule has 2 saturated heterocycles. The van der Waals surface area contributed by atoms with Gasteiger partial charge in [0.1, 0.15) is 17.5 Å². The van der Waals surface area contributed by atoms with Gasteiger partial charge in [-0.15, -0.1) is 0 Å². The molecule has 2 unspecified atom stereocenters. The summed E-state index contributed by atoms with van der Waals surface area (Å²) in [5.74, 6) is -2.51. The van der Waals surface area contributed by atoms with Crippen LogP contribution in [0.3, 0.4) is 0 Å². The Morgan fingerprint density at radius 3 is 2.10 bits per heavy atom. The van der Waals surface area contributed by atoms with Crippen molar-refractivity contribution in [3.8, 4) is 0 Å². The fourth-order valence-corrected chi connectivity index (χ4v) is 8.38. The third-order valence-electron chi connectivity index (χ3n) is 10.9. The highest BCUT2D eigenvalue weighted by Crippen LogP contribution is 2.65. The van der Waals surface area contributed by atoms with Crippen molar-refractivity contribution in [3.05, 3.63) is 96.1 Å². The highest BCUT2D eigenvalue weighted by Gasteiger charge is 2.78. The SMILES string of the molecule is CC(C)C[C@H]1NC(=O)[C@H](Cc2ccccc2)NC(=O)[C@@]23C(=O)N[C@@H](Cc4ccccc4)C2[C@H](C)[C@@]2(C)O[C@H]2C3/C=C/C/C=C\CNC1=O. The average molecular weight is 653 g/mol. The quantitative estimate of drug-likeness (QED) is 0.215. The lowest BCUT2D eigenvalue weighted by Gasteiger charge is -2.46. The van der Waals surface area contributed by atoms with E-state index in [4.69, 9.17) is 4.74 Å². The zero-order valence-electron chi connectivity index (χ0n) is 28.3. The number of rotatable bonds is 6. The van der Waals surface area contributed by atoms with Gasteiger partial charge in [-0.05, 0) is 49.1 Å². The topological polar surface area (TPSA) is 129 Å². The van der Waals surface area contributed by atoms with Crippen LogP contribution in [0.5, 0.6) is 0 Å². The number of epoxide rings is 1. The lowest BCUT2D eigenvalue weighted by Crippen LogP contribution is -2.64. The molecule has 1 spiro atoms. The minimum absolute atomic E-state index is 0.128. The smallest absolute Gasteiger partial charge is 0.243 e. The number of benzene rings is 2. The lowest BCUT2D eigenvalue weighted by atomic mass is 9.52. The summed E-state index contributed by atoms with van der Waals surface area (Å²) in [7, 11) is 0. The standard InChI is InChI=1S/C39H48N4O5/c1-24(2)21-30-34(44)40-20-14-6-5-13-19-28-33-38(4,48-33)25(3)32-29(22-26-15-9-7-10-16-26)42-36(46)39(28,32)37(47)43-31(35(45)41-30)23-27-17-11-8-12-18-27/h6-19,24-25,28-33H,5,20-23H2,1-4H3,(H,40,44)(H,41,45)(H,42,46)(H,43,47)/b14-6-,19-13+/t25-,28?,29-,30+,31-,32?,33-,38+,39+/m0/s1. The van der Waals surface area contributed by atoms with Gasteiger partial charge in [0, 0.05) is 30.8 Å². The Balaban J connectivity index is 1.43. The van der Waals surface area contributed by atoms with Crippen LogP contribution < -0.4 is 21.3 Å². The van der Waals surface area contributed by atoms with Crippen LogP contribution in [0.4, 0.5) is 0 Å². The molecule has 0 radical (unpaired) electrons. The van der Waals surface area contributed by atoms with E-state index < -0.39 is 46.7 Å². The molecule has 4 aliphatic rings. The summed E-state index contributed by atoms with van der Waals surface area (Å²) < 4.78 is 6.43. The molecule has 4 amide bonds. The van der Waals surface area contributed by atoms with Crippen LogP contribution in [-0.2, 0) is 36.8 Å². The van der Waals surface area contributed by atoms with Crippen molar-refractivity contribution in [2.24, 2.45) is 29.1 Å². The van der Waals surface area contributed by atoms with E-state index >= 15 is 4.79 Å². The Bertz CT molecular complexity index is 1580. The molecule has 1 aliphatic carbocycles. The zero-order valence-corrected chi connectivity index (χ0v) is 28.3. The van der Waals surface area contributed by atoms with E-state index in [1.54, 1.807) is 0 Å². The van der Waals surface area contributed by atoms with Crippen LogP contribution in [0.15, 0.2) is 85.0 Å². The Hall–Kier alpha value is -4.24. The largest absolute Gasteiger partial charge is 0.365 e. The van der Waals surface area contributed by atoms with E-state index in [1.165, 1.54) is 0 Å². The maximum Gasteiger partial charge on any atom is 0.243 e. The molecule has 9 atom stereocenters. The summed E-state index contributed by atoms with van der Waals surface area (Å²) in [5.41, 5.74) is -0.0874. The van der Waals surface area contributed by atoms with Gasteiger partial charge in [-0.25, -0.2) is 0 Å². The molecule has 0 aromatic heterocycles. The number of carbonyl (C=O) groups excluding carboxylic acids is 4. The number of hydrogen-bond donors (Lipinski definition) is 4. The van der Waals surface area contributed by atoms with Crippen LogP contribution in [0.25, 0.3) is 0 Å². The molecular formula is C39H48N4O5. The first-order valence-corrected chi connectivity index (χ1v) is 17.3. The van der Waals surface area contributed by atoms with Crippen LogP contribution in [0, 0.1) is 29.1 Å². The average Bonchev–Trinajstić information content (AvgIpc) is 3.68. The highest BCUT2D eigenvalue weighted by atomic mass is 16.6. The first kappa shape index (κ1) is 33.7. The highest BCUT2D eigenvalue weighted by molar-refractivity contribution is 6.09. The fourth-order valence-electron chi connectivity index (χ4n) is 8.38. The molecule has 4 N–H and O–H groups in total. The zero-order chi connectivity index (χ0) is 34.1. The van der Waals surface area contributed by atoms with Crippen molar-refractivity contribution >= 4 is 23.6 Å². The lowest BCUT2D eigenvalue weighted by molar-refractivity contribution is -0.151. The number of carbonyl (C=O) groups is 4. The summed E-state index contributed by atoms with van der Waals surface area (Å²) in [5, 5.41) is 12.2. The molecule has 3 aliphatic heterocycles. The monoisotopic (exact) mass is 652 g/mol. The van der Waals surface area contributed by atoms with E-state index in [2.05, 4.69) is 35.1 Å². The van der Waals surface area contributed by atoms with Crippen molar-refractivity contribution in [1.82, 2.24) is 21.3 Å². The number of hydrogen-bond acceptors (Lipinski definition) is 5. The van der Waals surface area contributed by atoms with Gasteiger partial charge in [-0.3, -0.25) is 19.2 Å². The Labute approximate surface area is 283 Å². The van der Waals surface area contributed by atoms with E-state index in [1.807, 2.05) is 98.8 Å². The van der Waals surface area contributed by atoms with Crippen LogP contribution >= 0.6 is 0 Å². The Morgan fingerprint density at radius 2 is 1.44 bits per heavy atom. The third kappa shape index (κ3) is 6.32. The number of amides is 4. The normalized spacial score (nSPS) is 36.4. The maximum absolute atomic E-state index is 15.1. The van der Waals surface area contributed by atoms with Gasteiger partial charge in [0.15, 0.2) is 0 Å². The second-order valence-electron chi connectivity index (χ2n) is 14.5. The molecule has 254 valence electrons. The molecular weight excluding hydrogens is 604 g/mol. The molecule has 3 fully saturated rings. The summed E-state index contributed by atoms with van der Waals surface area (Å²) in [4.78, 5) is 57.1. The second kappa shape index (κ2) is 13.7. The first-order valence-electron chi connectivity index (χ1n) is 17.3. The van der Waals surface area contributed by atoms with Crippen molar-refractivity contribution < 1.29 is 23.9 Å². The van der Waals surface area contributed by atoms with Crippen LogP contribution in [0.1, 0.15) is 51.7 Å². The van der Waals surface area contributed by atoms with E-state index in [9.17, 15) is 14.4 Å². The van der Waals surface area contributed by atoms with E-state index in [0.717, 1.165) is 11.1 Å². The summed E-state index contributed by atoms with van der Waals surface area (Å²) in [6.45, 7) is 8.48. The summed E-state index contributed by atoms with van der Waals surface area (Å²) in [6, 6.07) is 17.3. The predicted octanol–water partition coefficient (Wildman–Crippen LogP) is 3.64. The number of allylic oxidation sites excluding steroid dienone is 2. The van der Waals surface area contributed by atoms with Gasteiger partial charge in [0.2, 0.25) is 23.6 Å².